The lowest BCUT2D eigenvalue weighted by Crippen LogP contribution is -2.41. The van der Waals surface area contributed by atoms with E-state index in [0.717, 1.165) is 38.7 Å². The molecule has 0 atom stereocenters. The van der Waals surface area contributed by atoms with Gasteiger partial charge in [0.25, 0.3) is 0 Å². The summed E-state index contributed by atoms with van der Waals surface area (Å²) in [6.45, 7) is 18.4. The highest BCUT2D eigenvalue weighted by Gasteiger charge is 2.19. The summed E-state index contributed by atoms with van der Waals surface area (Å²) in [4.78, 5) is 2.36. The Morgan fingerprint density at radius 2 is 1.78 bits per heavy atom. The molecular weight excluding hydrogens is 224 g/mol. The van der Waals surface area contributed by atoms with E-state index in [-0.39, 0.29) is 0 Å². The zero-order chi connectivity index (χ0) is 14.2. The van der Waals surface area contributed by atoms with Gasteiger partial charge >= 0.3 is 0 Å². The first-order chi connectivity index (χ1) is 8.23. The average Bonchev–Trinajstić information content (AvgIpc) is 2.14. The van der Waals surface area contributed by atoms with Gasteiger partial charge in [-0.1, -0.05) is 27.7 Å². The molecule has 0 saturated heterocycles. The van der Waals surface area contributed by atoms with E-state index >= 15 is 0 Å². The third kappa shape index (κ3) is 11.0. The van der Waals surface area contributed by atoms with E-state index in [9.17, 15) is 0 Å². The number of rotatable bonds is 10. The maximum atomic E-state index is 5.58. The van der Waals surface area contributed by atoms with Crippen LogP contribution in [0.2, 0.25) is 0 Å². The lowest BCUT2D eigenvalue weighted by Gasteiger charge is -2.31. The van der Waals surface area contributed by atoms with E-state index in [1.165, 1.54) is 0 Å². The molecule has 0 heterocycles. The van der Waals surface area contributed by atoms with E-state index in [1.54, 1.807) is 0 Å². The molecule has 0 radical (unpaired) electrons. The van der Waals surface area contributed by atoms with E-state index in [0.29, 0.717) is 11.5 Å². The summed E-state index contributed by atoms with van der Waals surface area (Å²) in [6.07, 6.45) is 0.333. The van der Waals surface area contributed by atoms with Gasteiger partial charge in [0, 0.05) is 19.6 Å². The molecule has 0 aliphatic carbocycles. The van der Waals surface area contributed by atoms with Crippen LogP contribution in [0.5, 0.6) is 0 Å². The minimum absolute atomic E-state index is 0.307. The van der Waals surface area contributed by atoms with Gasteiger partial charge in [-0.05, 0) is 38.8 Å². The Labute approximate surface area is 114 Å². The second-order valence-corrected chi connectivity index (χ2v) is 6.85. The first kappa shape index (κ1) is 17.9. The van der Waals surface area contributed by atoms with Gasteiger partial charge in [0.2, 0.25) is 0 Å². The highest BCUT2D eigenvalue weighted by Crippen LogP contribution is 2.15. The third-order valence-corrected chi connectivity index (χ3v) is 2.78. The van der Waals surface area contributed by atoms with Crippen molar-refractivity contribution < 1.29 is 4.74 Å². The second kappa shape index (κ2) is 8.89. The predicted molar refractivity (Wildman–Crippen MR) is 80.1 cm³/mol. The largest absolute Gasteiger partial charge is 0.377 e. The predicted octanol–water partition coefficient (Wildman–Crippen LogP) is 2.62. The Morgan fingerprint density at radius 3 is 2.28 bits per heavy atom. The van der Waals surface area contributed by atoms with Gasteiger partial charge in [0.1, 0.15) is 0 Å². The summed E-state index contributed by atoms with van der Waals surface area (Å²) in [5.74, 6) is 0.720. The van der Waals surface area contributed by atoms with Crippen molar-refractivity contribution in [3.8, 4) is 0 Å². The average molecular weight is 258 g/mol. The Hall–Kier alpha value is -0.120. The van der Waals surface area contributed by atoms with Crippen LogP contribution in [0.4, 0.5) is 0 Å². The van der Waals surface area contributed by atoms with Crippen molar-refractivity contribution in [3.63, 3.8) is 0 Å². The Morgan fingerprint density at radius 1 is 1.17 bits per heavy atom. The molecule has 1 N–H and O–H groups in total. The highest BCUT2D eigenvalue weighted by molar-refractivity contribution is 4.75. The van der Waals surface area contributed by atoms with Gasteiger partial charge in [-0.15, -0.1) is 0 Å². The number of nitrogens with one attached hydrogen (secondary N) is 1. The van der Waals surface area contributed by atoms with Crippen LogP contribution in [-0.2, 0) is 4.74 Å². The topological polar surface area (TPSA) is 24.5 Å². The van der Waals surface area contributed by atoms with Crippen LogP contribution in [-0.4, -0.2) is 50.8 Å². The minimum atomic E-state index is 0.307. The van der Waals surface area contributed by atoms with Gasteiger partial charge < -0.3 is 15.0 Å². The van der Waals surface area contributed by atoms with Crippen molar-refractivity contribution in [3.05, 3.63) is 0 Å². The Kier molecular flexibility index (Phi) is 8.83. The first-order valence-corrected chi connectivity index (χ1v) is 7.24. The lowest BCUT2D eigenvalue weighted by molar-refractivity contribution is 0.0570. The summed E-state index contributed by atoms with van der Waals surface area (Å²) in [7, 11) is 2.17. The van der Waals surface area contributed by atoms with Crippen LogP contribution in [0.3, 0.4) is 0 Å². The van der Waals surface area contributed by atoms with Gasteiger partial charge in [0.05, 0.1) is 12.7 Å². The molecule has 0 aromatic rings. The van der Waals surface area contributed by atoms with Gasteiger partial charge in [-0.2, -0.15) is 0 Å². The van der Waals surface area contributed by atoms with Crippen molar-refractivity contribution >= 4 is 0 Å². The molecule has 110 valence electrons. The summed E-state index contributed by atoms with van der Waals surface area (Å²) in [5, 5.41) is 3.55. The first-order valence-electron chi connectivity index (χ1n) is 7.24. The van der Waals surface area contributed by atoms with Crippen LogP contribution in [0, 0.1) is 11.3 Å². The summed E-state index contributed by atoms with van der Waals surface area (Å²) in [5.41, 5.74) is 0.307. The van der Waals surface area contributed by atoms with Crippen molar-refractivity contribution in [2.24, 2.45) is 11.3 Å². The van der Waals surface area contributed by atoms with Crippen LogP contribution >= 0.6 is 0 Å². The SMILES string of the molecule is CC(C)CNCC(C)(C)CN(C)CCOC(C)C. The molecule has 0 aromatic carbocycles. The maximum Gasteiger partial charge on any atom is 0.0596 e. The van der Waals surface area contributed by atoms with Crippen molar-refractivity contribution in [2.45, 2.75) is 47.6 Å². The van der Waals surface area contributed by atoms with Gasteiger partial charge in [0.15, 0.2) is 0 Å². The fourth-order valence-electron chi connectivity index (χ4n) is 2.01. The fraction of sp³-hybridized carbons (Fsp3) is 1.00. The van der Waals surface area contributed by atoms with Gasteiger partial charge in [-0.3, -0.25) is 0 Å². The van der Waals surface area contributed by atoms with Crippen LogP contribution in [0.25, 0.3) is 0 Å². The van der Waals surface area contributed by atoms with E-state index in [4.69, 9.17) is 4.74 Å². The van der Waals surface area contributed by atoms with Crippen molar-refractivity contribution in [1.29, 1.82) is 0 Å². The number of nitrogens with zero attached hydrogens (tertiary/aromatic N) is 1. The van der Waals surface area contributed by atoms with E-state index in [1.807, 2.05) is 0 Å². The molecule has 0 aromatic heterocycles. The smallest absolute Gasteiger partial charge is 0.0596 e. The zero-order valence-electron chi connectivity index (χ0n) is 13.5. The molecule has 0 rings (SSSR count). The quantitative estimate of drug-likeness (QED) is 0.652. The van der Waals surface area contributed by atoms with Crippen LogP contribution < -0.4 is 5.32 Å². The van der Waals surface area contributed by atoms with E-state index in [2.05, 4.69) is 58.8 Å². The Bertz CT molecular complexity index is 203. The number of likely N-dealkylation sites (N-methyl/N-ethyl adjacent to an activating group) is 1. The molecule has 3 heteroatoms. The molecule has 0 amide bonds. The third-order valence-electron chi connectivity index (χ3n) is 2.78. The molecule has 0 spiro atoms. The second-order valence-electron chi connectivity index (χ2n) is 6.85. The highest BCUT2D eigenvalue weighted by atomic mass is 16.5. The molecule has 0 aliphatic heterocycles. The molecule has 18 heavy (non-hydrogen) atoms. The number of hydrogen-bond donors (Lipinski definition) is 1. The molecular formula is C15H34N2O. The normalized spacial score (nSPS) is 13.0. The zero-order valence-corrected chi connectivity index (χ0v) is 13.5. The van der Waals surface area contributed by atoms with E-state index < -0.39 is 0 Å². The monoisotopic (exact) mass is 258 g/mol. The molecule has 0 aliphatic rings. The summed E-state index contributed by atoms with van der Waals surface area (Å²) >= 11 is 0. The number of hydrogen-bond acceptors (Lipinski definition) is 3. The summed E-state index contributed by atoms with van der Waals surface area (Å²) < 4.78 is 5.58. The lowest BCUT2D eigenvalue weighted by atomic mass is 9.92. The van der Waals surface area contributed by atoms with Crippen LogP contribution in [0.15, 0.2) is 0 Å². The minimum Gasteiger partial charge on any atom is -0.377 e. The van der Waals surface area contributed by atoms with Crippen LogP contribution in [0.1, 0.15) is 41.5 Å². The summed E-state index contributed by atoms with van der Waals surface area (Å²) in [6, 6.07) is 0. The fourth-order valence-corrected chi connectivity index (χ4v) is 2.01. The molecule has 0 bridgehead atoms. The van der Waals surface area contributed by atoms with Gasteiger partial charge in [-0.25, -0.2) is 0 Å². The molecule has 3 nitrogen and oxygen atoms in total. The molecule has 0 saturated carbocycles. The van der Waals surface area contributed by atoms with Crippen molar-refractivity contribution in [2.75, 3.05) is 39.8 Å². The Balaban J connectivity index is 3.77. The maximum absolute atomic E-state index is 5.58. The standard InChI is InChI=1S/C15H34N2O/c1-13(2)10-16-11-15(5,6)12-17(7)8-9-18-14(3)4/h13-14,16H,8-12H2,1-7H3. The van der Waals surface area contributed by atoms with Crippen molar-refractivity contribution in [1.82, 2.24) is 10.2 Å². The molecule has 0 unspecified atom stereocenters. The number of ether oxygens (including phenoxy) is 1. The molecule has 0 fully saturated rings.